The Morgan fingerprint density at radius 2 is 2.36 bits per heavy atom. The van der Waals surface area contributed by atoms with Gasteiger partial charge in [0.25, 0.3) is 0 Å². The fourth-order valence-electron chi connectivity index (χ4n) is 2.30. The molecule has 0 radical (unpaired) electrons. The lowest BCUT2D eigenvalue weighted by Crippen LogP contribution is -2.30. The highest BCUT2D eigenvalue weighted by molar-refractivity contribution is 7.05. The number of nitrogens with zero attached hydrogens (tertiary/aromatic N) is 1. The fraction of sp³-hybridized carbons (Fsp3) is 0.727. The van der Waals surface area contributed by atoms with Crippen LogP contribution in [0.1, 0.15) is 43.9 Å². The Morgan fingerprint density at radius 1 is 1.57 bits per heavy atom. The molecule has 2 rings (SSSR count). The lowest BCUT2D eigenvalue weighted by molar-refractivity contribution is 0.205. The molecule has 1 aliphatic carbocycles. The van der Waals surface area contributed by atoms with Gasteiger partial charge in [0.15, 0.2) is 0 Å². The average Bonchev–Trinajstić information content (AvgIpc) is 2.62. The van der Waals surface area contributed by atoms with Crippen molar-refractivity contribution in [2.45, 2.75) is 44.4 Å². The monoisotopic (exact) mass is 229 g/mol. The summed E-state index contributed by atoms with van der Waals surface area (Å²) in [6.45, 7) is 4.69. The summed E-state index contributed by atoms with van der Waals surface area (Å²) in [5.41, 5.74) is 0.387. The topological polar surface area (TPSA) is 12.9 Å². The van der Waals surface area contributed by atoms with E-state index in [-0.39, 0.29) is 0 Å². The van der Waals surface area contributed by atoms with Crippen LogP contribution in [-0.2, 0) is 0 Å². The van der Waals surface area contributed by atoms with Crippen molar-refractivity contribution in [1.82, 2.24) is 4.37 Å². The molecule has 1 nitrogen and oxygen atoms in total. The standard InChI is InChI=1S/C11H16ClNS/c1-11(2)5-3-8(12)7-9(11)10-4-6-13-14-10/h4,6,8-9H,3,5,7H2,1-2H3. The zero-order valence-electron chi connectivity index (χ0n) is 8.66. The molecule has 78 valence electrons. The van der Waals surface area contributed by atoms with E-state index in [9.17, 15) is 0 Å². The van der Waals surface area contributed by atoms with Crippen LogP contribution in [0.15, 0.2) is 12.3 Å². The second-order valence-electron chi connectivity index (χ2n) is 4.83. The minimum Gasteiger partial charge on any atom is -0.201 e. The van der Waals surface area contributed by atoms with Crippen molar-refractivity contribution < 1.29 is 0 Å². The quantitative estimate of drug-likeness (QED) is 0.663. The molecule has 0 aliphatic heterocycles. The van der Waals surface area contributed by atoms with E-state index in [1.54, 1.807) is 11.5 Å². The van der Waals surface area contributed by atoms with Crippen LogP contribution in [0, 0.1) is 5.41 Å². The summed E-state index contributed by atoms with van der Waals surface area (Å²) in [5.74, 6) is 0.603. The minimum atomic E-state index is 0.357. The van der Waals surface area contributed by atoms with Crippen molar-refractivity contribution in [3.8, 4) is 0 Å². The van der Waals surface area contributed by atoms with Gasteiger partial charge in [-0.1, -0.05) is 13.8 Å². The summed E-state index contributed by atoms with van der Waals surface area (Å²) in [6, 6.07) is 2.14. The highest BCUT2D eigenvalue weighted by Gasteiger charge is 2.37. The number of rotatable bonds is 1. The third-order valence-corrected chi connectivity index (χ3v) is 4.59. The maximum absolute atomic E-state index is 6.24. The number of aromatic nitrogens is 1. The van der Waals surface area contributed by atoms with Gasteiger partial charge in [0.1, 0.15) is 0 Å². The SMILES string of the molecule is CC1(C)CCC(Cl)CC1c1ccns1. The first-order valence-electron chi connectivity index (χ1n) is 5.14. The molecule has 1 fully saturated rings. The molecular weight excluding hydrogens is 214 g/mol. The van der Waals surface area contributed by atoms with Crippen LogP contribution in [0.5, 0.6) is 0 Å². The maximum atomic E-state index is 6.24. The van der Waals surface area contributed by atoms with Gasteiger partial charge in [-0.15, -0.1) is 11.6 Å². The number of halogens is 1. The van der Waals surface area contributed by atoms with Crippen LogP contribution < -0.4 is 0 Å². The Kier molecular flexibility index (Phi) is 2.85. The van der Waals surface area contributed by atoms with Gasteiger partial charge >= 0.3 is 0 Å². The third kappa shape index (κ3) is 1.96. The van der Waals surface area contributed by atoms with Gasteiger partial charge in [-0.05, 0) is 42.3 Å². The molecule has 2 unspecified atom stereocenters. The second kappa shape index (κ2) is 3.82. The summed E-state index contributed by atoms with van der Waals surface area (Å²) in [4.78, 5) is 1.40. The van der Waals surface area contributed by atoms with Gasteiger partial charge in [0.05, 0.1) is 0 Å². The highest BCUT2D eigenvalue weighted by Crippen LogP contribution is 2.48. The van der Waals surface area contributed by atoms with Crippen molar-refractivity contribution >= 4 is 23.1 Å². The largest absolute Gasteiger partial charge is 0.201 e. The second-order valence-corrected chi connectivity index (χ2v) is 6.31. The predicted molar refractivity (Wildman–Crippen MR) is 62.1 cm³/mol. The summed E-state index contributed by atoms with van der Waals surface area (Å²) in [5, 5.41) is 0.357. The summed E-state index contributed by atoms with van der Waals surface area (Å²) in [6.07, 6.45) is 5.39. The van der Waals surface area contributed by atoms with Crippen molar-refractivity contribution in [2.75, 3.05) is 0 Å². The molecule has 0 saturated heterocycles. The smallest absolute Gasteiger partial charge is 0.0409 e. The van der Waals surface area contributed by atoms with Gasteiger partial charge in [-0.25, -0.2) is 4.37 Å². The highest BCUT2D eigenvalue weighted by atomic mass is 35.5. The van der Waals surface area contributed by atoms with Gasteiger partial charge in [0, 0.05) is 22.4 Å². The molecule has 0 amide bonds. The molecule has 14 heavy (non-hydrogen) atoms. The van der Waals surface area contributed by atoms with Crippen LogP contribution >= 0.6 is 23.1 Å². The van der Waals surface area contributed by atoms with Crippen LogP contribution in [0.4, 0.5) is 0 Å². The van der Waals surface area contributed by atoms with E-state index in [0.29, 0.717) is 16.7 Å². The van der Waals surface area contributed by atoms with Crippen LogP contribution in [0.25, 0.3) is 0 Å². The van der Waals surface area contributed by atoms with Crippen LogP contribution in [0.3, 0.4) is 0 Å². The van der Waals surface area contributed by atoms with Crippen LogP contribution in [-0.4, -0.2) is 9.75 Å². The van der Waals surface area contributed by atoms with Crippen molar-refractivity contribution in [2.24, 2.45) is 5.41 Å². The first-order valence-corrected chi connectivity index (χ1v) is 6.35. The normalized spacial score (nSPS) is 31.6. The molecule has 1 aromatic rings. The Labute approximate surface area is 94.6 Å². The lowest BCUT2D eigenvalue weighted by atomic mass is 9.68. The number of hydrogen-bond acceptors (Lipinski definition) is 2. The van der Waals surface area contributed by atoms with Gasteiger partial charge in [0.2, 0.25) is 0 Å². The van der Waals surface area contributed by atoms with Gasteiger partial charge in [-0.2, -0.15) is 0 Å². The molecule has 0 spiro atoms. The molecule has 1 heterocycles. The summed E-state index contributed by atoms with van der Waals surface area (Å²) < 4.78 is 4.19. The first-order chi connectivity index (χ1) is 6.59. The zero-order valence-corrected chi connectivity index (χ0v) is 10.2. The van der Waals surface area contributed by atoms with Crippen molar-refractivity contribution in [3.05, 3.63) is 17.1 Å². The number of hydrogen-bond donors (Lipinski definition) is 0. The Balaban J connectivity index is 2.22. The molecule has 0 aromatic carbocycles. The summed E-state index contributed by atoms with van der Waals surface area (Å²) in [7, 11) is 0. The number of alkyl halides is 1. The Morgan fingerprint density at radius 3 is 3.00 bits per heavy atom. The van der Waals surface area contributed by atoms with E-state index in [1.165, 1.54) is 11.3 Å². The maximum Gasteiger partial charge on any atom is 0.0409 e. The Bertz CT molecular complexity index is 294. The molecule has 1 aromatic heterocycles. The fourth-order valence-corrected chi connectivity index (χ4v) is 3.50. The van der Waals surface area contributed by atoms with E-state index < -0.39 is 0 Å². The van der Waals surface area contributed by atoms with Gasteiger partial charge in [-0.3, -0.25) is 0 Å². The van der Waals surface area contributed by atoms with Gasteiger partial charge < -0.3 is 0 Å². The van der Waals surface area contributed by atoms with Crippen molar-refractivity contribution in [3.63, 3.8) is 0 Å². The predicted octanol–water partition coefficient (Wildman–Crippen LogP) is 4.04. The van der Waals surface area contributed by atoms with E-state index in [1.807, 2.05) is 6.20 Å². The lowest BCUT2D eigenvalue weighted by Gasteiger charge is -2.39. The molecule has 0 N–H and O–H groups in total. The molecule has 2 atom stereocenters. The van der Waals surface area contributed by atoms with E-state index in [2.05, 4.69) is 24.3 Å². The molecule has 1 aliphatic rings. The average molecular weight is 230 g/mol. The third-order valence-electron chi connectivity index (χ3n) is 3.34. The zero-order chi connectivity index (χ0) is 10.2. The molecule has 1 saturated carbocycles. The summed E-state index contributed by atoms with van der Waals surface area (Å²) >= 11 is 7.86. The molecule has 3 heteroatoms. The minimum absolute atomic E-state index is 0.357. The Hall–Kier alpha value is -0.0800. The van der Waals surface area contributed by atoms with Crippen molar-refractivity contribution in [1.29, 1.82) is 0 Å². The van der Waals surface area contributed by atoms with E-state index in [0.717, 1.165) is 12.8 Å². The van der Waals surface area contributed by atoms with Crippen LogP contribution in [0.2, 0.25) is 0 Å². The molecule has 0 bridgehead atoms. The molecular formula is C11H16ClNS. The first kappa shape index (κ1) is 10.4. The van der Waals surface area contributed by atoms with E-state index >= 15 is 0 Å². The van der Waals surface area contributed by atoms with E-state index in [4.69, 9.17) is 11.6 Å².